The standard InChI is InChI=1S/C20H29NO/c1-20(2,3)16-6-4-14(5-7-16)15-10-17-8-9-18(11-15)21(17)19-12-22-13-19/h4-7,15,17-19H,8-13H2,1-3H3. The van der Waals surface area contributed by atoms with E-state index in [4.69, 9.17) is 4.74 Å². The minimum absolute atomic E-state index is 0.255. The Morgan fingerprint density at radius 1 is 0.909 bits per heavy atom. The van der Waals surface area contributed by atoms with Crippen molar-refractivity contribution in [3.05, 3.63) is 35.4 Å². The lowest BCUT2D eigenvalue weighted by Gasteiger charge is -2.46. The van der Waals surface area contributed by atoms with Gasteiger partial charge in [0.1, 0.15) is 0 Å². The molecule has 2 heteroatoms. The van der Waals surface area contributed by atoms with Gasteiger partial charge in [-0.3, -0.25) is 4.90 Å². The van der Waals surface area contributed by atoms with E-state index in [9.17, 15) is 0 Å². The minimum atomic E-state index is 0.255. The van der Waals surface area contributed by atoms with Crippen molar-refractivity contribution in [2.45, 2.75) is 75.9 Å². The van der Waals surface area contributed by atoms with Crippen LogP contribution in [0.3, 0.4) is 0 Å². The highest BCUT2D eigenvalue weighted by Crippen LogP contribution is 2.45. The number of ether oxygens (including phenoxy) is 1. The second kappa shape index (κ2) is 5.35. The molecule has 0 spiro atoms. The van der Waals surface area contributed by atoms with Crippen LogP contribution in [0.5, 0.6) is 0 Å². The average molecular weight is 299 g/mol. The highest BCUT2D eigenvalue weighted by atomic mass is 16.5. The summed E-state index contributed by atoms with van der Waals surface area (Å²) in [5.41, 5.74) is 3.27. The first-order valence-corrected chi connectivity index (χ1v) is 8.98. The smallest absolute Gasteiger partial charge is 0.0645 e. The number of rotatable bonds is 2. The summed E-state index contributed by atoms with van der Waals surface area (Å²) in [6.07, 6.45) is 5.50. The Hall–Kier alpha value is -0.860. The molecular weight excluding hydrogens is 270 g/mol. The van der Waals surface area contributed by atoms with Crippen LogP contribution < -0.4 is 0 Å². The zero-order chi connectivity index (χ0) is 15.3. The van der Waals surface area contributed by atoms with Gasteiger partial charge in [-0.25, -0.2) is 0 Å². The van der Waals surface area contributed by atoms with Gasteiger partial charge in [0.05, 0.1) is 19.3 Å². The maximum atomic E-state index is 5.43. The lowest BCUT2D eigenvalue weighted by Crippen LogP contribution is -2.56. The Bertz CT molecular complexity index is 512. The fraction of sp³-hybridized carbons (Fsp3) is 0.700. The SMILES string of the molecule is CC(C)(C)c1ccc(C2CC3CCC(C2)N3C2COC2)cc1. The van der Waals surface area contributed by atoms with Crippen LogP contribution in [0.2, 0.25) is 0 Å². The molecule has 0 saturated carbocycles. The van der Waals surface area contributed by atoms with Crippen molar-refractivity contribution in [1.29, 1.82) is 0 Å². The molecule has 2 bridgehead atoms. The monoisotopic (exact) mass is 299 g/mol. The maximum Gasteiger partial charge on any atom is 0.0645 e. The van der Waals surface area contributed by atoms with Crippen LogP contribution in [0, 0.1) is 0 Å². The van der Waals surface area contributed by atoms with E-state index >= 15 is 0 Å². The molecule has 3 heterocycles. The van der Waals surface area contributed by atoms with Gasteiger partial charge in [-0.15, -0.1) is 0 Å². The molecule has 0 N–H and O–H groups in total. The van der Waals surface area contributed by atoms with Crippen molar-refractivity contribution < 1.29 is 4.74 Å². The lowest BCUT2D eigenvalue weighted by atomic mass is 9.81. The molecule has 3 saturated heterocycles. The van der Waals surface area contributed by atoms with Crippen molar-refractivity contribution in [1.82, 2.24) is 4.90 Å². The predicted molar refractivity (Wildman–Crippen MR) is 90.4 cm³/mol. The van der Waals surface area contributed by atoms with Crippen LogP contribution >= 0.6 is 0 Å². The van der Waals surface area contributed by atoms with Crippen LogP contribution in [0.25, 0.3) is 0 Å². The zero-order valence-corrected chi connectivity index (χ0v) is 14.2. The third-order valence-electron chi connectivity index (χ3n) is 6.08. The Morgan fingerprint density at radius 2 is 1.50 bits per heavy atom. The Morgan fingerprint density at radius 3 is 1.95 bits per heavy atom. The predicted octanol–water partition coefficient (Wildman–Crippen LogP) is 4.09. The molecular formula is C20H29NO. The first kappa shape index (κ1) is 14.7. The Labute approximate surface area is 134 Å². The van der Waals surface area contributed by atoms with Crippen LogP contribution in [0.15, 0.2) is 24.3 Å². The van der Waals surface area contributed by atoms with E-state index in [0.717, 1.165) is 37.3 Å². The maximum absolute atomic E-state index is 5.43. The fourth-order valence-corrected chi connectivity index (χ4v) is 4.73. The zero-order valence-electron chi connectivity index (χ0n) is 14.2. The molecule has 22 heavy (non-hydrogen) atoms. The van der Waals surface area contributed by atoms with Gasteiger partial charge in [0.15, 0.2) is 0 Å². The van der Waals surface area contributed by atoms with E-state index < -0.39 is 0 Å². The summed E-state index contributed by atoms with van der Waals surface area (Å²) in [5, 5.41) is 0. The fourth-order valence-electron chi connectivity index (χ4n) is 4.73. The summed E-state index contributed by atoms with van der Waals surface area (Å²) in [4.78, 5) is 2.81. The molecule has 1 aromatic carbocycles. The number of piperidine rings is 1. The number of nitrogens with zero attached hydrogens (tertiary/aromatic N) is 1. The van der Waals surface area contributed by atoms with Gasteiger partial charge in [-0.1, -0.05) is 45.0 Å². The van der Waals surface area contributed by atoms with Crippen LogP contribution in [0.4, 0.5) is 0 Å². The van der Waals surface area contributed by atoms with E-state index in [1.807, 2.05) is 0 Å². The molecule has 0 aromatic heterocycles. The van der Waals surface area contributed by atoms with Gasteiger partial charge < -0.3 is 4.74 Å². The normalized spacial score (nSPS) is 33.0. The minimum Gasteiger partial charge on any atom is -0.378 e. The van der Waals surface area contributed by atoms with Crippen molar-refractivity contribution in [3.63, 3.8) is 0 Å². The first-order valence-electron chi connectivity index (χ1n) is 8.98. The topological polar surface area (TPSA) is 12.5 Å². The number of hydrogen-bond donors (Lipinski definition) is 0. The third kappa shape index (κ3) is 2.51. The third-order valence-corrected chi connectivity index (χ3v) is 6.08. The van der Waals surface area contributed by atoms with E-state index in [-0.39, 0.29) is 5.41 Å². The number of hydrogen-bond acceptors (Lipinski definition) is 2. The Kier molecular flexibility index (Phi) is 3.58. The van der Waals surface area contributed by atoms with E-state index in [0.29, 0.717) is 0 Å². The molecule has 1 aromatic rings. The summed E-state index contributed by atoms with van der Waals surface area (Å²) in [6, 6.07) is 11.8. The van der Waals surface area contributed by atoms with Crippen molar-refractivity contribution in [2.75, 3.05) is 13.2 Å². The van der Waals surface area contributed by atoms with Gasteiger partial charge in [0.25, 0.3) is 0 Å². The molecule has 120 valence electrons. The summed E-state index contributed by atoms with van der Waals surface area (Å²) < 4.78 is 5.43. The number of fused-ring (bicyclic) bond motifs is 2. The van der Waals surface area contributed by atoms with Crippen molar-refractivity contribution in [2.24, 2.45) is 0 Å². The van der Waals surface area contributed by atoms with Crippen LogP contribution in [-0.4, -0.2) is 36.2 Å². The van der Waals surface area contributed by atoms with Crippen LogP contribution in [-0.2, 0) is 10.2 Å². The largest absolute Gasteiger partial charge is 0.378 e. The van der Waals surface area contributed by atoms with Crippen molar-refractivity contribution >= 4 is 0 Å². The van der Waals surface area contributed by atoms with E-state index in [1.54, 1.807) is 5.56 Å². The van der Waals surface area contributed by atoms with Crippen molar-refractivity contribution in [3.8, 4) is 0 Å². The summed E-state index contributed by atoms with van der Waals surface area (Å²) in [6.45, 7) is 8.82. The van der Waals surface area contributed by atoms with Gasteiger partial charge in [-0.2, -0.15) is 0 Å². The molecule has 2 atom stereocenters. The second-order valence-electron chi connectivity index (χ2n) is 8.56. The first-order chi connectivity index (χ1) is 10.5. The molecule has 0 radical (unpaired) electrons. The van der Waals surface area contributed by atoms with Gasteiger partial charge in [0, 0.05) is 12.1 Å². The quantitative estimate of drug-likeness (QED) is 0.815. The average Bonchev–Trinajstić information content (AvgIpc) is 2.68. The van der Waals surface area contributed by atoms with Crippen LogP contribution in [0.1, 0.15) is 63.5 Å². The highest BCUT2D eigenvalue weighted by Gasteiger charge is 2.45. The highest BCUT2D eigenvalue weighted by molar-refractivity contribution is 5.30. The molecule has 4 rings (SSSR count). The Balaban J connectivity index is 1.49. The van der Waals surface area contributed by atoms with Gasteiger partial charge >= 0.3 is 0 Å². The molecule has 3 fully saturated rings. The molecule has 2 unspecified atom stereocenters. The molecule has 3 aliphatic heterocycles. The summed E-state index contributed by atoms with van der Waals surface area (Å²) in [7, 11) is 0. The number of benzene rings is 1. The molecule has 0 amide bonds. The van der Waals surface area contributed by atoms with E-state index in [2.05, 4.69) is 49.9 Å². The molecule has 0 aliphatic carbocycles. The van der Waals surface area contributed by atoms with E-state index in [1.165, 1.54) is 31.2 Å². The second-order valence-corrected chi connectivity index (χ2v) is 8.56. The van der Waals surface area contributed by atoms with Gasteiger partial charge in [0.2, 0.25) is 0 Å². The molecule has 3 aliphatic rings. The lowest BCUT2D eigenvalue weighted by molar-refractivity contribution is -0.0928. The molecule has 2 nitrogen and oxygen atoms in total. The van der Waals surface area contributed by atoms with Gasteiger partial charge in [-0.05, 0) is 48.1 Å². The summed E-state index contributed by atoms with van der Waals surface area (Å²) >= 11 is 0. The summed E-state index contributed by atoms with van der Waals surface area (Å²) in [5.74, 6) is 0.767.